The molecule has 0 aliphatic rings. The molecule has 0 atom stereocenters. The third-order valence-electron chi connectivity index (χ3n) is 1.32. The number of carbonyl (C=O) groups excluding carboxylic acids is 1. The molecule has 0 amide bonds. The number of esters is 1. The number of hydrogen-bond donors (Lipinski definition) is 0. The molecule has 0 aliphatic heterocycles. The maximum Gasteiger partial charge on any atom is 0.332 e. The van der Waals surface area contributed by atoms with Crippen molar-refractivity contribution in [2.45, 2.75) is 13.7 Å². The van der Waals surface area contributed by atoms with Crippen molar-refractivity contribution in [3.05, 3.63) is 18.7 Å². The summed E-state index contributed by atoms with van der Waals surface area (Å²) in [5.41, 5.74) is 0. The molecule has 5 heteroatoms. The van der Waals surface area contributed by atoms with Crippen molar-refractivity contribution in [3.63, 3.8) is 0 Å². The molecule has 0 bridgehead atoms. The van der Waals surface area contributed by atoms with Crippen LogP contribution >= 0.6 is 0 Å². The van der Waals surface area contributed by atoms with Crippen LogP contribution in [0.25, 0.3) is 0 Å². The summed E-state index contributed by atoms with van der Waals surface area (Å²) in [6, 6.07) is 0. The predicted molar refractivity (Wildman–Crippen MR) is 44.8 cm³/mol. The van der Waals surface area contributed by atoms with Crippen molar-refractivity contribution < 1.29 is 14.3 Å². The number of rotatable bonds is 5. The normalized spacial score (nSPS) is 9.92. The number of ether oxygens (including phenoxy) is 2. The Kier molecular flexibility index (Phi) is 3.98. The van der Waals surface area contributed by atoms with Crippen LogP contribution in [0, 0.1) is 0 Å². The van der Waals surface area contributed by atoms with E-state index in [2.05, 4.69) is 9.72 Å². The highest BCUT2D eigenvalue weighted by Gasteiger charge is 2.00. The first kappa shape index (κ1) is 9.73. The van der Waals surface area contributed by atoms with Gasteiger partial charge in [-0.25, -0.2) is 9.78 Å². The largest absolute Gasteiger partial charge is 0.464 e. The van der Waals surface area contributed by atoms with E-state index in [9.17, 15) is 4.79 Å². The molecule has 0 fully saturated rings. The molecule has 1 rings (SSSR count). The van der Waals surface area contributed by atoms with Crippen molar-refractivity contribution in [2.75, 3.05) is 13.2 Å². The Morgan fingerprint density at radius 2 is 2.46 bits per heavy atom. The number of imidazole rings is 1. The van der Waals surface area contributed by atoms with Crippen LogP contribution in [0.4, 0.5) is 0 Å². The van der Waals surface area contributed by atoms with Crippen LogP contribution in [0.1, 0.15) is 6.92 Å². The molecule has 0 unspecified atom stereocenters. The van der Waals surface area contributed by atoms with E-state index in [1.54, 1.807) is 30.2 Å². The standard InChI is InChI=1S/C8H12N2O3/c1-2-13-8(11)5-12-7-10-4-3-9-6-10/h3-4,6H,2,5,7H2,1H3. The summed E-state index contributed by atoms with van der Waals surface area (Å²) >= 11 is 0. The maximum atomic E-state index is 10.8. The van der Waals surface area contributed by atoms with Crippen LogP contribution in [0.3, 0.4) is 0 Å². The summed E-state index contributed by atoms with van der Waals surface area (Å²) in [5, 5.41) is 0. The van der Waals surface area contributed by atoms with Gasteiger partial charge in [0.05, 0.1) is 12.9 Å². The van der Waals surface area contributed by atoms with Crippen molar-refractivity contribution in [1.82, 2.24) is 9.55 Å². The summed E-state index contributed by atoms with van der Waals surface area (Å²) in [6.07, 6.45) is 5.02. The van der Waals surface area contributed by atoms with E-state index in [1.165, 1.54) is 0 Å². The molecule has 0 saturated heterocycles. The smallest absolute Gasteiger partial charge is 0.332 e. The fourth-order valence-corrected chi connectivity index (χ4v) is 0.800. The molecular weight excluding hydrogens is 172 g/mol. The molecule has 72 valence electrons. The van der Waals surface area contributed by atoms with Gasteiger partial charge in [-0.05, 0) is 6.92 Å². The summed E-state index contributed by atoms with van der Waals surface area (Å²) in [6.45, 7) is 2.44. The summed E-state index contributed by atoms with van der Waals surface area (Å²) < 4.78 is 11.4. The van der Waals surface area contributed by atoms with Gasteiger partial charge in [0.2, 0.25) is 0 Å². The fraction of sp³-hybridized carbons (Fsp3) is 0.500. The summed E-state index contributed by atoms with van der Waals surface area (Å²) in [7, 11) is 0. The third-order valence-corrected chi connectivity index (χ3v) is 1.32. The van der Waals surface area contributed by atoms with Gasteiger partial charge in [-0.1, -0.05) is 0 Å². The minimum absolute atomic E-state index is 0.0218. The van der Waals surface area contributed by atoms with Gasteiger partial charge >= 0.3 is 5.97 Å². The highest BCUT2D eigenvalue weighted by atomic mass is 16.6. The van der Waals surface area contributed by atoms with E-state index < -0.39 is 0 Å². The monoisotopic (exact) mass is 184 g/mol. The van der Waals surface area contributed by atoms with E-state index >= 15 is 0 Å². The lowest BCUT2D eigenvalue weighted by Gasteiger charge is -2.03. The van der Waals surface area contributed by atoms with Gasteiger partial charge in [0.15, 0.2) is 0 Å². The highest BCUT2D eigenvalue weighted by Crippen LogP contribution is 1.88. The van der Waals surface area contributed by atoms with Crippen LogP contribution in [0.15, 0.2) is 18.7 Å². The van der Waals surface area contributed by atoms with E-state index in [1.807, 2.05) is 0 Å². The lowest BCUT2D eigenvalue weighted by atomic mass is 10.7. The van der Waals surface area contributed by atoms with Gasteiger partial charge in [-0.2, -0.15) is 0 Å². The van der Waals surface area contributed by atoms with E-state index in [0.29, 0.717) is 13.3 Å². The Morgan fingerprint density at radius 3 is 3.08 bits per heavy atom. The van der Waals surface area contributed by atoms with Crippen molar-refractivity contribution in [2.24, 2.45) is 0 Å². The molecule has 5 nitrogen and oxygen atoms in total. The Balaban J connectivity index is 2.11. The van der Waals surface area contributed by atoms with E-state index in [4.69, 9.17) is 4.74 Å². The minimum atomic E-state index is -0.345. The SMILES string of the molecule is CCOC(=O)COCn1ccnc1. The highest BCUT2D eigenvalue weighted by molar-refractivity contribution is 5.70. The molecule has 1 heterocycles. The fourth-order valence-electron chi connectivity index (χ4n) is 0.800. The number of aromatic nitrogens is 2. The van der Waals surface area contributed by atoms with Gasteiger partial charge in [0, 0.05) is 12.4 Å². The third kappa shape index (κ3) is 3.71. The summed E-state index contributed by atoms with van der Waals surface area (Å²) in [5.74, 6) is -0.345. The molecule has 0 aliphatic carbocycles. The first-order chi connectivity index (χ1) is 6.33. The van der Waals surface area contributed by atoms with E-state index in [-0.39, 0.29) is 12.6 Å². The molecule has 13 heavy (non-hydrogen) atoms. The van der Waals surface area contributed by atoms with Crippen molar-refractivity contribution >= 4 is 5.97 Å². The Hall–Kier alpha value is -1.36. The minimum Gasteiger partial charge on any atom is -0.464 e. The lowest BCUT2D eigenvalue weighted by Crippen LogP contribution is -2.13. The lowest BCUT2D eigenvalue weighted by molar-refractivity contribution is -0.149. The second kappa shape index (κ2) is 5.31. The first-order valence-corrected chi connectivity index (χ1v) is 4.02. The predicted octanol–water partition coefficient (Wildman–Crippen LogP) is 0.420. The quantitative estimate of drug-likeness (QED) is 0.622. The van der Waals surface area contributed by atoms with Gasteiger partial charge in [0.1, 0.15) is 13.3 Å². The average molecular weight is 184 g/mol. The molecule has 0 aromatic carbocycles. The van der Waals surface area contributed by atoms with Crippen LogP contribution in [0.5, 0.6) is 0 Å². The molecule has 0 radical (unpaired) electrons. The molecule has 1 aromatic rings. The van der Waals surface area contributed by atoms with Gasteiger partial charge in [0.25, 0.3) is 0 Å². The Labute approximate surface area is 76.3 Å². The zero-order chi connectivity index (χ0) is 9.52. The van der Waals surface area contributed by atoms with Gasteiger partial charge in [-0.3, -0.25) is 0 Å². The van der Waals surface area contributed by atoms with Crippen LogP contribution < -0.4 is 0 Å². The molecule has 0 N–H and O–H groups in total. The molecular formula is C8H12N2O3. The van der Waals surface area contributed by atoms with Crippen molar-refractivity contribution in [3.8, 4) is 0 Å². The Bertz CT molecular complexity index is 246. The van der Waals surface area contributed by atoms with Crippen LogP contribution in [0.2, 0.25) is 0 Å². The zero-order valence-electron chi connectivity index (χ0n) is 7.47. The first-order valence-electron chi connectivity index (χ1n) is 4.02. The molecule has 0 spiro atoms. The van der Waals surface area contributed by atoms with Crippen LogP contribution in [-0.2, 0) is 21.0 Å². The van der Waals surface area contributed by atoms with Gasteiger partial charge in [-0.15, -0.1) is 0 Å². The second-order valence-corrected chi connectivity index (χ2v) is 2.36. The molecule has 1 aromatic heterocycles. The number of nitrogens with zero attached hydrogens (tertiary/aromatic N) is 2. The Morgan fingerprint density at radius 1 is 1.62 bits per heavy atom. The topological polar surface area (TPSA) is 53.4 Å². The van der Waals surface area contributed by atoms with Crippen LogP contribution in [-0.4, -0.2) is 28.7 Å². The maximum absolute atomic E-state index is 10.8. The van der Waals surface area contributed by atoms with Gasteiger partial charge < -0.3 is 14.0 Å². The van der Waals surface area contributed by atoms with E-state index in [0.717, 1.165) is 0 Å². The second-order valence-electron chi connectivity index (χ2n) is 2.36. The number of hydrogen-bond acceptors (Lipinski definition) is 4. The zero-order valence-corrected chi connectivity index (χ0v) is 7.47. The average Bonchev–Trinajstić information content (AvgIpc) is 2.57. The van der Waals surface area contributed by atoms with Crippen molar-refractivity contribution in [1.29, 1.82) is 0 Å². The summed E-state index contributed by atoms with van der Waals surface area (Å²) in [4.78, 5) is 14.6. The molecule has 0 saturated carbocycles. The number of carbonyl (C=O) groups is 1.